The Morgan fingerprint density at radius 3 is 1.89 bits per heavy atom. The maximum absolute atomic E-state index is 14.0. The lowest BCUT2D eigenvalue weighted by Gasteiger charge is -2.36. The number of rotatable bonds is 8. The number of Topliss-reactive ketones (excluding diaryl/α,β-unsaturated/α-hetero) is 1. The molecule has 3 aliphatic rings. The lowest BCUT2D eigenvalue weighted by atomic mass is 9.84. The SMILES string of the molecule is O=C(CN(C(=O)c1ccc([N+](=O)[O-])cc1)N1C(=O)[C@@H]2[C@H](C1=O)[C@@]1(Cl)C(Cl)=C(Cl)[C@@]2(Cl)C1(Cl)Cl)c1ccc(OC(=O)c2cccs2)cc1. The quantitative estimate of drug-likeness (QED) is 0.0476. The van der Waals surface area contributed by atoms with E-state index < -0.39 is 66.9 Å². The van der Waals surface area contributed by atoms with Crippen molar-refractivity contribution in [3.05, 3.63) is 102 Å². The second kappa shape index (κ2) is 11.7. The highest BCUT2D eigenvalue weighted by molar-refractivity contribution is 7.12. The van der Waals surface area contributed by atoms with Crippen molar-refractivity contribution >= 4 is 116 Å². The Kier molecular flexibility index (Phi) is 8.40. The molecular weight excluding hydrogens is 763 g/mol. The zero-order valence-electron chi connectivity index (χ0n) is 23.0. The second-order valence-electron chi connectivity index (χ2n) is 10.6. The number of carbonyl (C=O) groups is 5. The molecule has 2 bridgehead atoms. The number of hydrazine groups is 1. The van der Waals surface area contributed by atoms with Crippen LogP contribution in [0, 0.1) is 22.0 Å². The number of amides is 3. The number of benzene rings is 2. The van der Waals surface area contributed by atoms with Crippen LogP contribution >= 0.6 is 80.9 Å². The summed E-state index contributed by atoms with van der Waals surface area (Å²) < 4.78 is 3.07. The van der Waals surface area contributed by atoms with Gasteiger partial charge in [0, 0.05) is 23.3 Å². The summed E-state index contributed by atoms with van der Waals surface area (Å²) in [5.74, 6) is -7.67. The highest BCUT2D eigenvalue weighted by Crippen LogP contribution is 2.77. The predicted octanol–water partition coefficient (Wildman–Crippen LogP) is 6.56. The molecule has 242 valence electrons. The van der Waals surface area contributed by atoms with E-state index in [1.54, 1.807) is 17.5 Å². The number of hydrogen-bond donors (Lipinski definition) is 0. The molecule has 0 N–H and O–H groups in total. The Morgan fingerprint density at radius 2 is 1.40 bits per heavy atom. The molecule has 1 aromatic heterocycles. The first-order chi connectivity index (χ1) is 22.1. The number of hydrogen-bond acceptors (Lipinski definition) is 9. The Hall–Kier alpha value is -3.23. The van der Waals surface area contributed by atoms with Crippen LogP contribution in [-0.4, -0.2) is 65.0 Å². The third-order valence-electron chi connectivity index (χ3n) is 8.09. The van der Waals surface area contributed by atoms with Gasteiger partial charge in [0.25, 0.3) is 23.4 Å². The molecule has 0 radical (unpaired) electrons. The number of imide groups is 1. The molecule has 1 saturated carbocycles. The van der Waals surface area contributed by atoms with Crippen molar-refractivity contribution in [3.8, 4) is 5.75 Å². The average Bonchev–Trinajstić information content (AvgIpc) is 3.73. The normalized spacial score (nSPS) is 25.6. The molecule has 0 spiro atoms. The maximum Gasteiger partial charge on any atom is 0.353 e. The minimum atomic E-state index is -2.23. The van der Waals surface area contributed by atoms with Gasteiger partial charge < -0.3 is 4.74 Å². The lowest BCUT2D eigenvalue weighted by molar-refractivity contribution is -0.384. The molecule has 2 heterocycles. The maximum atomic E-state index is 14.0. The summed E-state index contributed by atoms with van der Waals surface area (Å²) in [4.78, 5) is 74.3. The number of halogens is 6. The van der Waals surface area contributed by atoms with Gasteiger partial charge in [0.2, 0.25) is 0 Å². The van der Waals surface area contributed by atoms with Gasteiger partial charge in [-0.3, -0.25) is 29.3 Å². The number of carbonyl (C=O) groups excluding carboxylic acids is 5. The van der Waals surface area contributed by atoms with Crippen LogP contribution in [0.2, 0.25) is 0 Å². The first kappa shape index (κ1) is 33.7. The molecule has 1 saturated heterocycles. The first-order valence-electron chi connectivity index (χ1n) is 13.2. The zero-order chi connectivity index (χ0) is 34.2. The Morgan fingerprint density at radius 1 is 0.872 bits per heavy atom. The fourth-order valence-corrected chi connectivity index (χ4v) is 9.34. The number of alkyl halides is 4. The van der Waals surface area contributed by atoms with Gasteiger partial charge >= 0.3 is 5.97 Å². The Labute approximate surface area is 298 Å². The van der Waals surface area contributed by atoms with Crippen LogP contribution in [-0.2, 0) is 9.59 Å². The van der Waals surface area contributed by atoms with E-state index in [9.17, 15) is 34.1 Å². The number of nitro benzene ring substituents is 1. The number of ketones is 1. The Bertz CT molecular complexity index is 1870. The van der Waals surface area contributed by atoms with Gasteiger partial charge in [-0.2, -0.15) is 5.01 Å². The number of allylic oxidation sites excluding steroid dienone is 2. The summed E-state index contributed by atoms with van der Waals surface area (Å²) in [6.45, 7) is -0.882. The molecule has 2 fully saturated rings. The van der Waals surface area contributed by atoms with Crippen molar-refractivity contribution in [2.75, 3.05) is 6.54 Å². The van der Waals surface area contributed by atoms with Crippen LogP contribution in [0.3, 0.4) is 0 Å². The lowest BCUT2D eigenvalue weighted by Crippen LogP contribution is -2.56. The summed E-state index contributed by atoms with van der Waals surface area (Å²) in [5, 5.41) is 13.2. The fraction of sp³-hybridized carbons (Fsp3) is 0.207. The van der Waals surface area contributed by atoms with Crippen molar-refractivity contribution in [2.45, 2.75) is 14.1 Å². The van der Waals surface area contributed by atoms with Gasteiger partial charge in [0.1, 0.15) is 26.9 Å². The van der Waals surface area contributed by atoms with E-state index in [1.165, 1.54) is 35.6 Å². The third kappa shape index (κ3) is 4.79. The monoisotopic (exact) mass is 775 g/mol. The van der Waals surface area contributed by atoms with Crippen LogP contribution in [0.5, 0.6) is 5.75 Å². The van der Waals surface area contributed by atoms with Crippen LogP contribution in [0.4, 0.5) is 5.69 Å². The van der Waals surface area contributed by atoms with Crippen LogP contribution in [0.1, 0.15) is 30.4 Å². The summed E-state index contributed by atoms with van der Waals surface area (Å²) in [6.07, 6.45) is 0. The number of nitrogens with zero attached hydrogens (tertiary/aromatic N) is 3. The van der Waals surface area contributed by atoms with E-state index in [2.05, 4.69) is 0 Å². The van der Waals surface area contributed by atoms with Crippen LogP contribution < -0.4 is 4.74 Å². The number of ether oxygens (including phenoxy) is 1. The van der Waals surface area contributed by atoms with Gasteiger partial charge in [0.05, 0.1) is 26.8 Å². The van der Waals surface area contributed by atoms with Crippen molar-refractivity contribution in [1.29, 1.82) is 0 Å². The molecule has 2 aliphatic carbocycles. The average molecular weight is 778 g/mol. The van der Waals surface area contributed by atoms with Gasteiger partial charge in [-0.1, -0.05) is 52.5 Å². The minimum Gasteiger partial charge on any atom is -0.422 e. The highest BCUT2D eigenvalue weighted by atomic mass is 35.5. The second-order valence-corrected chi connectivity index (χ2v) is 14.8. The third-order valence-corrected chi connectivity index (χ3v) is 13.2. The summed E-state index contributed by atoms with van der Waals surface area (Å²) in [5.41, 5.74) is -0.537. The molecular formula is C29H15Cl6N3O8S. The molecule has 2 aromatic carbocycles. The minimum absolute atomic E-state index is 0.0118. The molecule has 18 heteroatoms. The van der Waals surface area contributed by atoms with Gasteiger partial charge in [-0.25, -0.2) is 9.80 Å². The number of esters is 1. The number of nitro groups is 1. The smallest absolute Gasteiger partial charge is 0.353 e. The number of thiophene rings is 1. The topological polar surface area (TPSA) is 144 Å². The van der Waals surface area contributed by atoms with Crippen LogP contribution in [0.15, 0.2) is 76.1 Å². The van der Waals surface area contributed by atoms with Gasteiger partial charge in [0.15, 0.2) is 10.1 Å². The fourth-order valence-electron chi connectivity index (χ4n) is 5.81. The standard InChI is InChI=1S/C29H15Cl6N3O8S/c30-21-22(31)28(33)20-19(27(21,32)29(28,34)35)24(41)37(25(20)42)36(23(40)14-3-7-15(8-4-14)38(44)45)12-17(39)13-5-9-16(10-6-13)46-26(43)18-2-1-11-47-18/h1-11,19-20H,12H2/t19-,20+,27-,28-/m1/s1. The van der Waals surface area contributed by atoms with Crippen LogP contribution in [0.25, 0.3) is 0 Å². The van der Waals surface area contributed by atoms with Crippen molar-refractivity contribution in [2.24, 2.45) is 11.8 Å². The van der Waals surface area contributed by atoms with E-state index in [4.69, 9.17) is 74.3 Å². The van der Waals surface area contributed by atoms with Crippen molar-refractivity contribution < 1.29 is 33.6 Å². The summed E-state index contributed by atoms with van der Waals surface area (Å²) >= 11 is 40.6. The predicted molar refractivity (Wildman–Crippen MR) is 173 cm³/mol. The molecule has 6 rings (SSSR count). The van der Waals surface area contributed by atoms with E-state index in [0.717, 1.165) is 24.3 Å². The summed E-state index contributed by atoms with van der Waals surface area (Å²) in [7, 11) is 0. The molecule has 47 heavy (non-hydrogen) atoms. The first-order valence-corrected chi connectivity index (χ1v) is 16.4. The van der Waals surface area contributed by atoms with E-state index >= 15 is 0 Å². The zero-order valence-corrected chi connectivity index (χ0v) is 28.3. The number of non-ortho nitro benzene ring substituents is 1. The molecule has 0 unspecified atom stereocenters. The van der Waals surface area contributed by atoms with Crippen molar-refractivity contribution in [1.82, 2.24) is 10.0 Å². The molecule has 4 atom stereocenters. The summed E-state index contributed by atoms with van der Waals surface area (Å²) in [6, 6.07) is 12.8. The Balaban J connectivity index is 1.34. The van der Waals surface area contributed by atoms with Crippen molar-refractivity contribution in [3.63, 3.8) is 0 Å². The van der Waals surface area contributed by atoms with Gasteiger partial charge in [-0.15, -0.1) is 34.5 Å². The molecule has 11 nitrogen and oxygen atoms in total. The van der Waals surface area contributed by atoms with E-state index in [-0.39, 0.29) is 32.6 Å². The molecule has 1 aliphatic heterocycles. The molecule has 3 aromatic rings. The highest BCUT2D eigenvalue weighted by Gasteiger charge is 2.88. The number of fused-ring (bicyclic) bond motifs is 5. The van der Waals surface area contributed by atoms with E-state index in [1.807, 2.05) is 0 Å². The van der Waals surface area contributed by atoms with Gasteiger partial charge in [-0.05, 0) is 47.8 Å². The van der Waals surface area contributed by atoms with E-state index in [0.29, 0.717) is 14.9 Å². The largest absolute Gasteiger partial charge is 0.422 e. The molecule has 3 amide bonds.